The average Bonchev–Trinajstić information content (AvgIpc) is 3.09. The molecule has 160 valence electrons. The van der Waals surface area contributed by atoms with Crippen molar-refractivity contribution in [2.75, 3.05) is 18.4 Å². The SMILES string of the molecule is O=C(Nc1cccc(F)c1F)NC(CN1CCCC1=O)c1cccc(C(F)(F)F)c1. The van der Waals surface area contributed by atoms with Gasteiger partial charge >= 0.3 is 12.2 Å². The standard InChI is InChI=1S/C20H18F5N3O2/c21-14-6-2-7-15(18(14)22)26-19(30)27-16(11-28-9-3-8-17(28)29)12-4-1-5-13(10-12)20(23,24)25/h1-2,4-7,10,16H,3,8-9,11H2,(H2,26,27,30). The van der Waals surface area contributed by atoms with Crippen molar-refractivity contribution < 1.29 is 31.5 Å². The second kappa shape index (κ2) is 8.68. The van der Waals surface area contributed by atoms with Gasteiger partial charge in [0, 0.05) is 19.5 Å². The lowest BCUT2D eigenvalue weighted by Gasteiger charge is -2.26. The number of carbonyl (C=O) groups excluding carboxylic acids is 2. The fraction of sp³-hybridized carbons (Fsp3) is 0.300. The Labute approximate surface area is 168 Å². The van der Waals surface area contributed by atoms with E-state index in [0.717, 1.165) is 24.3 Å². The van der Waals surface area contributed by atoms with Gasteiger partial charge in [-0.3, -0.25) is 4.79 Å². The van der Waals surface area contributed by atoms with E-state index < -0.39 is 41.1 Å². The molecule has 2 N–H and O–H groups in total. The third kappa shape index (κ3) is 5.05. The number of hydrogen-bond donors (Lipinski definition) is 2. The molecular weight excluding hydrogens is 409 g/mol. The maximum absolute atomic E-state index is 13.8. The quantitative estimate of drug-likeness (QED) is 0.692. The van der Waals surface area contributed by atoms with Gasteiger partial charge in [0.1, 0.15) is 0 Å². The molecule has 0 saturated carbocycles. The maximum atomic E-state index is 13.8. The van der Waals surface area contributed by atoms with Crippen LogP contribution in [-0.4, -0.2) is 29.9 Å². The fourth-order valence-corrected chi connectivity index (χ4v) is 3.20. The molecule has 0 aliphatic carbocycles. The molecule has 1 saturated heterocycles. The predicted octanol–water partition coefficient (Wildman–Crippen LogP) is 4.47. The van der Waals surface area contributed by atoms with Crippen LogP contribution in [0.5, 0.6) is 0 Å². The molecule has 0 aromatic heterocycles. The molecule has 0 radical (unpaired) electrons. The number of benzene rings is 2. The highest BCUT2D eigenvalue weighted by Crippen LogP contribution is 2.31. The zero-order chi connectivity index (χ0) is 21.9. The lowest BCUT2D eigenvalue weighted by atomic mass is 10.0. The lowest BCUT2D eigenvalue weighted by molar-refractivity contribution is -0.137. The number of carbonyl (C=O) groups is 2. The van der Waals surface area contributed by atoms with Crippen LogP contribution in [0.15, 0.2) is 42.5 Å². The Morgan fingerprint density at radius 1 is 1.13 bits per heavy atom. The molecule has 1 aliphatic rings. The number of halogens is 5. The Balaban J connectivity index is 1.83. The van der Waals surface area contributed by atoms with Gasteiger partial charge < -0.3 is 15.5 Å². The van der Waals surface area contributed by atoms with Crippen LogP contribution in [0.25, 0.3) is 0 Å². The van der Waals surface area contributed by atoms with Crippen molar-refractivity contribution in [1.29, 1.82) is 0 Å². The van der Waals surface area contributed by atoms with Crippen LogP contribution in [0.1, 0.15) is 30.0 Å². The summed E-state index contributed by atoms with van der Waals surface area (Å²) < 4.78 is 66.4. The van der Waals surface area contributed by atoms with E-state index in [1.54, 1.807) is 0 Å². The summed E-state index contributed by atoms with van der Waals surface area (Å²) in [5.41, 5.74) is -1.21. The highest BCUT2D eigenvalue weighted by molar-refractivity contribution is 5.89. The Bertz CT molecular complexity index is 948. The first kappa shape index (κ1) is 21.5. The van der Waals surface area contributed by atoms with Crippen LogP contribution in [0.4, 0.5) is 32.4 Å². The third-order valence-electron chi connectivity index (χ3n) is 4.70. The zero-order valence-corrected chi connectivity index (χ0v) is 15.6. The molecule has 2 aromatic rings. The number of alkyl halides is 3. The van der Waals surface area contributed by atoms with Crippen LogP contribution in [0, 0.1) is 11.6 Å². The van der Waals surface area contributed by atoms with Crippen LogP contribution in [0.3, 0.4) is 0 Å². The van der Waals surface area contributed by atoms with Crippen LogP contribution in [-0.2, 0) is 11.0 Å². The summed E-state index contributed by atoms with van der Waals surface area (Å²) in [5, 5.41) is 4.60. The van der Waals surface area contributed by atoms with Crippen LogP contribution >= 0.6 is 0 Å². The molecular formula is C20H18F5N3O2. The summed E-state index contributed by atoms with van der Waals surface area (Å²) in [6.45, 7) is 0.356. The number of nitrogens with one attached hydrogen (secondary N) is 2. The van der Waals surface area contributed by atoms with E-state index in [1.807, 2.05) is 0 Å². The topological polar surface area (TPSA) is 61.4 Å². The molecule has 1 atom stereocenters. The fourth-order valence-electron chi connectivity index (χ4n) is 3.20. The molecule has 5 nitrogen and oxygen atoms in total. The number of rotatable bonds is 5. The average molecular weight is 427 g/mol. The largest absolute Gasteiger partial charge is 0.416 e. The van der Waals surface area contributed by atoms with Crippen LogP contribution in [0.2, 0.25) is 0 Å². The molecule has 3 rings (SSSR count). The van der Waals surface area contributed by atoms with Gasteiger partial charge in [-0.15, -0.1) is 0 Å². The summed E-state index contributed by atoms with van der Waals surface area (Å²) in [4.78, 5) is 25.8. The molecule has 1 heterocycles. The first-order valence-corrected chi connectivity index (χ1v) is 9.11. The number of nitrogens with zero attached hydrogens (tertiary/aromatic N) is 1. The predicted molar refractivity (Wildman–Crippen MR) is 98.5 cm³/mol. The number of urea groups is 1. The second-order valence-electron chi connectivity index (χ2n) is 6.82. The minimum absolute atomic E-state index is 0.0564. The van der Waals surface area contributed by atoms with Crippen molar-refractivity contribution in [3.63, 3.8) is 0 Å². The maximum Gasteiger partial charge on any atom is 0.416 e. The normalized spacial score (nSPS) is 15.2. The summed E-state index contributed by atoms with van der Waals surface area (Å²) in [5.74, 6) is -2.60. The molecule has 1 unspecified atom stereocenters. The molecule has 10 heteroatoms. The van der Waals surface area contributed by atoms with Crippen molar-refractivity contribution in [1.82, 2.24) is 10.2 Å². The summed E-state index contributed by atoms with van der Waals surface area (Å²) in [6, 6.07) is 5.63. The second-order valence-corrected chi connectivity index (χ2v) is 6.82. The van der Waals surface area contributed by atoms with Crippen LogP contribution < -0.4 is 10.6 Å². The summed E-state index contributed by atoms with van der Waals surface area (Å²) >= 11 is 0. The molecule has 0 bridgehead atoms. The van der Waals surface area contributed by atoms with Gasteiger partial charge in [0.25, 0.3) is 0 Å². The van der Waals surface area contributed by atoms with Gasteiger partial charge in [0.05, 0.1) is 17.3 Å². The number of hydrogen-bond acceptors (Lipinski definition) is 2. The minimum atomic E-state index is -4.59. The Hall–Kier alpha value is -3.17. The van der Waals surface area contributed by atoms with Gasteiger partial charge in [0.2, 0.25) is 5.91 Å². The lowest BCUT2D eigenvalue weighted by Crippen LogP contribution is -2.40. The number of likely N-dealkylation sites (tertiary alicyclic amines) is 1. The number of anilines is 1. The van der Waals surface area contributed by atoms with Gasteiger partial charge in [-0.2, -0.15) is 13.2 Å². The minimum Gasteiger partial charge on any atom is -0.340 e. The van der Waals surface area contributed by atoms with Crippen molar-refractivity contribution >= 4 is 17.6 Å². The first-order chi connectivity index (χ1) is 14.1. The van der Waals surface area contributed by atoms with Crippen molar-refractivity contribution in [2.45, 2.75) is 25.1 Å². The third-order valence-corrected chi connectivity index (χ3v) is 4.70. The van der Waals surface area contributed by atoms with Gasteiger partial charge in [-0.25, -0.2) is 13.6 Å². The molecule has 3 amide bonds. The molecule has 0 spiro atoms. The Kier molecular flexibility index (Phi) is 6.23. The monoisotopic (exact) mass is 427 g/mol. The molecule has 2 aromatic carbocycles. The van der Waals surface area contributed by atoms with Crippen molar-refractivity contribution in [3.05, 3.63) is 65.2 Å². The van der Waals surface area contributed by atoms with E-state index in [0.29, 0.717) is 19.4 Å². The van der Waals surface area contributed by atoms with E-state index in [4.69, 9.17) is 0 Å². The van der Waals surface area contributed by atoms with Gasteiger partial charge in [-0.1, -0.05) is 18.2 Å². The highest BCUT2D eigenvalue weighted by atomic mass is 19.4. The van der Waals surface area contributed by atoms with Crippen molar-refractivity contribution in [2.24, 2.45) is 0 Å². The summed E-state index contributed by atoms with van der Waals surface area (Å²) in [7, 11) is 0. The Morgan fingerprint density at radius 3 is 2.53 bits per heavy atom. The van der Waals surface area contributed by atoms with Gasteiger partial charge in [0.15, 0.2) is 11.6 Å². The van der Waals surface area contributed by atoms with Gasteiger partial charge in [-0.05, 0) is 36.2 Å². The molecule has 1 fully saturated rings. The Morgan fingerprint density at radius 2 is 1.87 bits per heavy atom. The smallest absolute Gasteiger partial charge is 0.340 e. The highest BCUT2D eigenvalue weighted by Gasteiger charge is 2.32. The zero-order valence-electron chi connectivity index (χ0n) is 15.6. The van der Waals surface area contributed by atoms with E-state index in [-0.39, 0.29) is 18.0 Å². The first-order valence-electron chi connectivity index (χ1n) is 9.11. The summed E-state index contributed by atoms with van der Waals surface area (Å²) in [6.07, 6.45) is -3.66. The molecule has 30 heavy (non-hydrogen) atoms. The van der Waals surface area contributed by atoms with E-state index in [2.05, 4.69) is 10.6 Å². The van der Waals surface area contributed by atoms with Crippen molar-refractivity contribution in [3.8, 4) is 0 Å². The molecule has 1 aliphatic heterocycles. The van der Waals surface area contributed by atoms with E-state index >= 15 is 0 Å². The van der Waals surface area contributed by atoms with E-state index in [1.165, 1.54) is 23.1 Å². The van der Waals surface area contributed by atoms with E-state index in [9.17, 15) is 31.5 Å². The number of amides is 3.